The zero-order chi connectivity index (χ0) is 15.9. The Kier molecular flexibility index (Phi) is 6.41. The second kappa shape index (κ2) is 7.82. The van der Waals surface area contributed by atoms with Gasteiger partial charge in [0.2, 0.25) is 0 Å². The average Bonchev–Trinajstić information content (AvgIpc) is 2.46. The highest BCUT2D eigenvalue weighted by Crippen LogP contribution is 2.23. The lowest BCUT2D eigenvalue weighted by molar-refractivity contribution is -0.105. The Hall–Kier alpha value is -1.83. The predicted molar refractivity (Wildman–Crippen MR) is 88.1 cm³/mol. The highest BCUT2D eigenvalue weighted by molar-refractivity contribution is 5.71. The number of hydrogen-bond acceptors (Lipinski definition) is 2. The molecule has 0 spiro atoms. The topological polar surface area (TPSA) is 26.3 Å². The van der Waals surface area contributed by atoms with E-state index in [9.17, 15) is 4.79 Å². The Morgan fingerprint density at radius 2 is 2.00 bits per heavy atom. The summed E-state index contributed by atoms with van der Waals surface area (Å²) >= 11 is 0. The first-order chi connectivity index (χ1) is 9.86. The van der Waals surface area contributed by atoms with Crippen LogP contribution in [0.15, 0.2) is 47.9 Å². The maximum absolute atomic E-state index is 10.5. The van der Waals surface area contributed by atoms with E-state index < -0.39 is 0 Å². The van der Waals surface area contributed by atoms with E-state index in [2.05, 4.69) is 45.0 Å². The molecule has 0 bridgehead atoms. The highest BCUT2D eigenvalue weighted by atomic mass is 16.5. The van der Waals surface area contributed by atoms with Gasteiger partial charge in [0.15, 0.2) is 0 Å². The summed E-state index contributed by atoms with van der Waals surface area (Å²) in [6.45, 7) is 10.3. The van der Waals surface area contributed by atoms with Crippen molar-refractivity contribution in [2.24, 2.45) is 0 Å². The van der Waals surface area contributed by atoms with Crippen LogP contribution in [0, 0.1) is 0 Å². The second-order valence-electron chi connectivity index (χ2n) is 6.30. The normalized spacial score (nSPS) is 13.2. The largest absolute Gasteiger partial charge is 0.469 e. The molecule has 0 heterocycles. The molecule has 1 aromatic rings. The van der Waals surface area contributed by atoms with E-state index in [1.165, 1.54) is 17.4 Å². The standard InChI is InChI=1S/C19H26O2/c1-6-18(21-14-15(2)13-20)11-10-16-8-7-9-17(12-16)19(3,4)5/h6-9,12-14H,10-11H2,1-5H3/b15-14+,18-6-. The molecule has 0 aliphatic carbocycles. The molecule has 0 saturated carbocycles. The third kappa shape index (κ3) is 5.99. The summed E-state index contributed by atoms with van der Waals surface area (Å²) in [5, 5.41) is 0. The Labute approximate surface area is 128 Å². The number of hydrogen-bond donors (Lipinski definition) is 0. The number of aryl methyl sites for hydroxylation is 1. The Morgan fingerprint density at radius 1 is 1.29 bits per heavy atom. The molecule has 0 aliphatic heterocycles. The zero-order valence-electron chi connectivity index (χ0n) is 13.8. The van der Waals surface area contributed by atoms with Gasteiger partial charge in [0, 0.05) is 12.0 Å². The van der Waals surface area contributed by atoms with Crippen molar-refractivity contribution < 1.29 is 9.53 Å². The smallest absolute Gasteiger partial charge is 0.148 e. The van der Waals surface area contributed by atoms with E-state index in [-0.39, 0.29) is 5.41 Å². The van der Waals surface area contributed by atoms with Crippen LogP contribution in [0.5, 0.6) is 0 Å². The molecule has 0 unspecified atom stereocenters. The van der Waals surface area contributed by atoms with Crippen LogP contribution in [-0.4, -0.2) is 6.29 Å². The summed E-state index contributed by atoms with van der Waals surface area (Å²) in [5.41, 5.74) is 3.41. The van der Waals surface area contributed by atoms with Crippen molar-refractivity contribution in [3.05, 3.63) is 59.1 Å². The Bertz CT molecular complexity index is 531. The number of ether oxygens (including phenoxy) is 1. The minimum atomic E-state index is 0.166. The number of rotatable bonds is 6. The molecule has 0 aromatic heterocycles. The fraction of sp³-hybridized carbons (Fsp3) is 0.421. The average molecular weight is 286 g/mol. The van der Waals surface area contributed by atoms with Gasteiger partial charge in [0.25, 0.3) is 0 Å². The second-order valence-corrected chi connectivity index (χ2v) is 6.30. The summed E-state index contributed by atoms with van der Waals surface area (Å²) in [4.78, 5) is 10.5. The number of allylic oxidation sites excluding steroid dienone is 3. The van der Waals surface area contributed by atoms with E-state index in [1.54, 1.807) is 6.92 Å². The molecule has 0 amide bonds. The van der Waals surface area contributed by atoms with Gasteiger partial charge in [-0.25, -0.2) is 0 Å². The summed E-state index contributed by atoms with van der Waals surface area (Å²) in [7, 11) is 0. The van der Waals surface area contributed by atoms with Crippen LogP contribution < -0.4 is 0 Å². The zero-order valence-corrected chi connectivity index (χ0v) is 13.8. The van der Waals surface area contributed by atoms with Crippen molar-refractivity contribution in [1.29, 1.82) is 0 Å². The van der Waals surface area contributed by atoms with Crippen LogP contribution in [-0.2, 0) is 21.4 Å². The molecule has 0 atom stereocenters. The molecule has 0 aliphatic rings. The van der Waals surface area contributed by atoms with Crippen molar-refractivity contribution in [1.82, 2.24) is 0 Å². The van der Waals surface area contributed by atoms with Crippen molar-refractivity contribution in [3.63, 3.8) is 0 Å². The summed E-state index contributed by atoms with van der Waals surface area (Å²) in [6.07, 6.45) is 6.00. The lowest BCUT2D eigenvalue weighted by Crippen LogP contribution is -2.11. The number of carbonyl (C=O) groups is 1. The maximum atomic E-state index is 10.5. The molecule has 0 N–H and O–H groups in total. The first kappa shape index (κ1) is 17.2. The van der Waals surface area contributed by atoms with Crippen LogP contribution in [0.25, 0.3) is 0 Å². The number of carbonyl (C=O) groups excluding carboxylic acids is 1. The van der Waals surface area contributed by atoms with E-state index in [0.29, 0.717) is 5.57 Å². The third-order valence-electron chi connectivity index (χ3n) is 3.36. The minimum absolute atomic E-state index is 0.166. The van der Waals surface area contributed by atoms with E-state index >= 15 is 0 Å². The van der Waals surface area contributed by atoms with Crippen molar-refractivity contribution in [3.8, 4) is 0 Å². The van der Waals surface area contributed by atoms with Gasteiger partial charge in [0.05, 0.1) is 12.0 Å². The van der Waals surface area contributed by atoms with Gasteiger partial charge in [-0.05, 0) is 42.9 Å². The Balaban J connectivity index is 2.68. The van der Waals surface area contributed by atoms with Crippen LogP contribution in [0.4, 0.5) is 0 Å². The van der Waals surface area contributed by atoms with Gasteiger partial charge in [0.1, 0.15) is 6.29 Å². The highest BCUT2D eigenvalue weighted by Gasteiger charge is 2.13. The molecule has 114 valence electrons. The fourth-order valence-corrected chi connectivity index (χ4v) is 1.93. The van der Waals surface area contributed by atoms with E-state index in [4.69, 9.17) is 4.74 Å². The first-order valence-corrected chi connectivity index (χ1v) is 7.40. The summed E-state index contributed by atoms with van der Waals surface area (Å²) < 4.78 is 5.53. The van der Waals surface area contributed by atoms with Gasteiger partial charge in [-0.2, -0.15) is 0 Å². The molecule has 0 fully saturated rings. The fourth-order valence-electron chi connectivity index (χ4n) is 1.93. The molecule has 2 heteroatoms. The van der Waals surface area contributed by atoms with Gasteiger partial charge >= 0.3 is 0 Å². The SMILES string of the molecule is C/C=C(/CCc1cccc(C(C)(C)C)c1)O/C=C(\C)C=O. The van der Waals surface area contributed by atoms with E-state index in [1.807, 2.05) is 13.0 Å². The molecular formula is C19H26O2. The predicted octanol–water partition coefficient (Wildman–Crippen LogP) is 4.94. The number of benzene rings is 1. The van der Waals surface area contributed by atoms with Crippen LogP contribution >= 0.6 is 0 Å². The third-order valence-corrected chi connectivity index (χ3v) is 3.36. The summed E-state index contributed by atoms with van der Waals surface area (Å²) in [5.74, 6) is 0.886. The van der Waals surface area contributed by atoms with Gasteiger partial charge in [-0.3, -0.25) is 4.79 Å². The van der Waals surface area contributed by atoms with Gasteiger partial charge < -0.3 is 4.74 Å². The lowest BCUT2D eigenvalue weighted by atomic mass is 9.86. The van der Waals surface area contributed by atoms with Crippen LogP contribution in [0.3, 0.4) is 0 Å². The molecule has 1 aromatic carbocycles. The van der Waals surface area contributed by atoms with Crippen molar-refractivity contribution in [2.45, 2.75) is 52.9 Å². The van der Waals surface area contributed by atoms with Crippen LogP contribution in [0.1, 0.15) is 52.2 Å². The van der Waals surface area contributed by atoms with Crippen molar-refractivity contribution >= 4 is 6.29 Å². The minimum Gasteiger partial charge on any atom is -0.469 e. The molecule has 0 radical (unpaired) electrons. The number of aldehydes is 1. The lowest BCUT2D eigenvalue weighted by Gasteiger charge is -2.19. The molecule has 2 nitrogen and oxygen atoms in total. The first-order valence-electron chi connectivity index (χ1n) is 7.40. The molecule has 1 rings (SSSR count). The van der Waals surface area contributed by atoms with Crippen LogP contribution in [0.2, 0.25) is 0 Å². The quantitative estimate of drug-likeness (QED) is 0.420. The molecule has 0 saturated heterocycles. The van der Waals surface area contributed by atoms with Gasteiger partial charge in [-0.15, -0.1) is 0 Å². The Morgan fingerprint density at radius 3 is 2.57 bits per heavy atom. The maximum Gasteiger partial charge on any atom is 0.148 e. The summed E-state index contributed by atoms with van der Waals surface area (Å²) in [6, 6.07) is 8.70. The monoisotopic (exact) mass is 286 g/mol. The molecular weight excluding hydrogens is 260 g/mol. The van der Waals surface area contributed by atoms with Gasteiger partial charge in [-0.1, -0.05) is 45.0 Å². The van der Waals surface area contributed by atoms with Crippen molar-refractivity contribution in [2.75, 3.05) is 0 Å². The van der Waals surface area contributed by atoms with E-state index in [0.717, 1.165) is 24.9 Å². The molecule has 21 heavy (non-hydrogen) atoms.